The summed E-state index contributed by atoms with van der Waals surface area (Å²) in [5.74, 6) is 1.65. The summed E-state index contributed by atoms with van der Waals surface area (Å²) in [5.41, 5.74) is 1.05. The molecule has 2 saturated heterocycles. The van der Waals surface area contributed by atoms with Gasteiger partial charge in [-0.15, -0.1) is 0 Å². The molecule has 0 aliphatic carbocycles. The SMILES string of the molecule is CO/C=C/C[C@H]1O[C@H]2CC[C@@H](OCc3ccc(OC)cc3)[C@H](COCc3ccc(OC)cc3)O[C@]2(C)C[C@]1(C)O[Si](C)(C)C. The molecule has 9 heteroatoms. The summed E-state index contributed by atoms with van der Waals surface area (Å²) in [5, 5.41) is 0. The lowest BCUT2D eigenvalue weighted by atomic mass is 9.77. The molecule has 2 fully saturated rings. The van der Waals surface area contributed by atoms with Crippen molar-refractivity contribution in [2.45, 2.75) is 108 Å². The molecule has 2 aliphatic rings. The Balaban J connectivity index is 1.54. The fraction of sp³-hybridized carbons (Fsp3) is 0.600. The molecule has 0 bridgehead atoms. The Kier molecular flexibility index (Phi) is 12.0. The van der Waals surface area contributed by atoms with Crippen LogP contribution in [0.4, 0.5) is 0 Å². The monoisotopic (exact) mass is 628 g/mol. The predicted molar refractivity (Wildman–Crippen MR) is 174 cm³/mol. The first kappa shape index (κ1) is 34.5. The summed E-state index contributed by atoms with van der Waals surface area (Å²) in [6.07, 6.45) is 6.06. The number of ether oxygens (including phenoxy) is 7. The number of hydrogen-bond acceptors (Lipinski definition) is 8. The van der Waals surface area contributed by atoms with E-state index in [2.05, 4.69) is 33.5 Å². The maximum absolute atomic E-state index is 7.08. The minimum Gasteiger partial charge on any atom is -0.505 e. The van der Waals surface area contributed by atoms with Gasteiger partial charge in [-0.05, 0) is 94.2 Å². The number of rotatable bonds is 14. The Morgan fingerprint density at radius 2 is 1.48 bits per heavy atom. The van der Waals surface area contributed by atoms with E-state index < -0.39 is 19.5 Å². The van der Waals surface area contributed by atoms with Gasteiger partial charge < -0.3 is 37.6 Å². The van der Waals surface area contributed by atoms with Crippen LogP contribution < -0.4 is 9.47 Å². The molecule has 0 radical (unpaired) electrons. The number of fused-ring (bicyclic) bond motifs is 1. The Bertz CT molecular complexity index is 1180. The van der Waals surface area contributed by atoms with Gasteiger partial charge in [-0.25, -0.2) is 0 Å². The van der Waals surface area contributed by atoms with E-state index >= 15 is 0 Å². The average molecular weight is 629 g/mol. The lowest BCUT2D eigenvalue weighted by molar-refractivity contribution is -0.267. The van der Waals surface area contributed by atoms with Gasteiger partial charge in [0.25, 0.3) is 0 Å². The van der Waals surface area contributed by atoms with Gasteiger partial charge in [-0.1, -0.05) is 24.3 Å². The van der Waals surface area contributed by atoms with Crippen molar-refractivity contribution in [2.75, 3.05) is 27.9 Å². The van der Waals surface area contributed by atoms with Crippen molar-refractivity contribution >= 4 is 8.32 Å². The van der Waals surface area contributed by atoms with Gasteiger partial charge >= 0.3 is 0 Å². The first-order valence-corrected chi connectivity index (χ1v) is 19.0. The van der Waals surface area contributed by atoms with Crippen molar-refractivity contribution in [3.8, 4) is 11.5 Å². The van der Waals surface area contributed by atoms with Crippen LogP contribution in [-0.4, -0.2) is 71.9 Å². The molecular weight excluding hydrogens is 576 g/mol. The Morgan fingerprint density at radius 3 is 2.05 bits per heavy atom. The molecule has 6 atom stereocenters. The largest absolute Gasteiger partial charge is 0.505 e. The lowest BCUT2D eigenvalue weighted by Crippen LogP contribution is -2.63. The number of benzene rings is 2. The van der Waals surface area contributed by atoms with Crippen molar-refractivity contribution in [3.63, 3.8) is 0 Å². The van der Waals surface area contributed by atoms with Gasteiger partial charge in [-0.2, -0.15) is 0 Å². The Hall–Kier alpha value is -2.40. The minimum atomic E-state index is -1.92. The first-order valence-electron chi connectivity index (χ1n) is 15.6. The highest BCUT2D eigenvalue weighted by molar-refractivity contribution is 6.69. The molecular formula is C35H52O8Si. The summed E-state index contributed by atoms with van der Waals surface area (Å²) in [6, 6.07) is 15.9. The van der Waals surface area contributed by atoms with Gasteiger partial charge in [0.15, 0.2) is 8.32 Å². The fourth-order valence-electron chi connectivity index (χ4n) is 6.48. The second-order valence-electron chi connectivity index (χ2n) is 13.3. The fourth-order valence-corrected chi connectivity index (χ4v) is 8.08. The lowest BCUT2D eigenvalue weighted by Gasteiger charge is -2.54. The van der Waals surface area contributed by atoms with Crippen LogP contribution >= 0.6 is 0 Å². The number of methoxy groups -OCH3 is 3. The highest BCUT2D eigenvalue weighted by Gasteiger charge is 2.56. The molecule has 8 nitrogen and oxygen atoms in total. The van der Waals surface area contributed by atoms with Crippen LogP contribution in [0.5, 0.6) is 11.5 Å². The quantitative estimate of drug-likeness (QED) is 0.163. The molecule has 0 amide bonds. The van der Waals surface area contributed by atoms with Crippen LogP contribution in [0.2, 0.25) is 19.6 Å². The second kappa shape index (κ2) is 15.3. The van der Waals surface area contributed by atoms with Crippen LogP contribution in [0.25, 0.3) is 0 Å². The molecule has 0 spiro atoms. The zero-order valence-electron chi connectivity index (χ0n) is 27.8. The van der Waals surface area contributed by atoms with Crippen LogP contribution in [0, 0.1) is 0 Å². The van der Waals surface area contributed by atoms with Crippen molar-refractivity contribution in [3.05, 3.63) is 72.0 Å². The Labute approximate surface area is 265 Å². The molecule has 0 saturated carbocycles. The van der Waals surface area contributed by atoms with Crippen molar-refractivity contribution in [1.82, 2.24) is 0 Å². The maximum Gasteiger partial charge on any atom is 0.184 e. The van der Waals surface area contributed by atoms with E-state index in [0.717, 1.165) is 35.5 Å². The van der Waals surface area contributed by atoms with E-state index in [4.69, 9.17) is 37.6 Å². The third-order valence-corrected chi connectivity index (χ3v) is 9.47. The molecule has 44 heavy (non-hydrogen) atoms. The third kappa shape index (κ3) is 9.31. The first-order chi connectivity index (χ1) is 21.0. The maximum atomic E-state index is 7.08. The molecule has 0 unspecified atom stereocenters. The third-order valence-electron chi connectivity index (χ3n) is 8.40. The normalized spacial score (nSPS) is 29.2. The molecule has 244 valence electrons. The van der Waals surface area contributed by atoms with Crippen molar-refractivity contribution in [1.29, 1.82) is 0 Å². The van der Waals surface area contributed by atoms with Crippen molar-refractivity contribution in [2.24, 2.45) is 0 Å². The zero-order chi connectivity index (χ0) is 31.8. The van der Waals surface area contributed by atoms with Gasteiger partial charge in [-0.3, -0.25) is 0 Å². The molecule has 0 aromatic heterocycles. The second-order valence-corrected chi connectivity index (χ2v) is 17.7. The zero-order valence-corrected chi connectivity index (χ0v) is 28.8. The minimum absolute atomic E-state index is 0.111. The summed E-state index contributed by atoms with van der Waals surface area (Å²) < 4.78 is 49.6. The van der Waals surface area contributed by atoms with Gasteiger partial charge in [0.1, 0.15) is 17.6 Å². The average Bonchev–Trinajstić information content (AvgIpc) is 3.11. The van der Waals surface area contributed by atoms with Crippen LogP contribution in [-0.2, 0) is 41.3 Å². The smallest absolute Gasteiger partial charge is 0.184 e. The standard InChI is InChI=1S/C35H52O8Si/c1-34-25-35(2,43-44(6,7)8)32(10-9-21-36-3)41-33(34)20-19-30(40-23-27-13-17-29(38-5)18-14-27)31(42-34)24-39-22-26-11-15-28(37-4)16-12-26/h9,11-18,21,30-33H,10,19-20,22-25H2,1-8H3/b21-9+/t30-,31+,32-,33+,34-,35+/m1/s1. The van der Waals surface area contributed by atoms with Gasteiger partial charge in [0.2, 0.25) is 0 Å². The highest BCUT2D eigenvalue weighted by Crippen LogP contribution is 2.47. The molecule has 2 aromatic rings. The van der Waals surface area contributed by atoms with Crippen molar-refractivity contribution < 1.29 is 37.6 Å². The highest BCUT2D eigenvalue weighted by atomic mass is 28.4. The van der Waals surface area contributed by atoms with Crippen LogP contribution in [0.15, 0.2) is 60.9 Å². The topological polar surface area (TPSA) is 73.8 Å². The number of hydrogen-bond donors (Lipinski definition) is 0. The summed E-state index contributed by atoms with van der Waals surface area (Å²) >= 11 is 0. The predicted octanol–water partition coefficient (Wildman–Crippen LogP) is 7.06. The Morgan fingerprint density at radius 1 is 0.864 bits per heavy atom. The van der Waals surface area contributed by atoms with E-state index in [9.17, 15) is 0 Å². The summed E-state index contributed by atoms with van der Waals surface area (Å²) in [4.78, 5) is 0. The molecule has 0 N–H and O–H groups in total. The molecule has 2 heterocycles. The van der Waals surface area contributed by atoms with Crippen LogP contribution in [0.3, 0.4) is 0 Å². The van der Waals surface area contributed by atoms with E-state index in [1.807, 2.05) is 54.6 Å². The van der Waals surface area contributed by atoms with Crippen LogP contribution in [0.1, 0.15) is 50.7 Å². The van der Waals surface area contributed by atoms with E-state index in [-0.39, 0.29) is 24.4 Å². The van der Waals surface area contributed by atoms with Gasteiger partial charge in [0.05, 0.1) is 76.9 Å². The van der Waals surface area contributed by atoms with E-state index in [0.29, 0.717) is 32.7 Å². The van der Waals surface area contributed by atoms with Gasteiger partial charge in [0, 0.05) is 6.42 Å². The summed E-state index contributed by atoms with van der Waals surface area (Å²) in [6.45, 7) is 12.4. The molecule has 4 rings (SSSR count). The van der Waals surface area contributed by atoms with E-state index in [1.54, 1.807) is 27.6 Å². The summed E-state index contributed by atoms with van der Waals surface area (Å²) in [7, 11) is 3.08. The molecule has 2 aliphatic heterocycles. The van der Waals surface area contributed by atoms with E-state index in [1.165, 1.54) is 0 Å². The molecule has 2 aromatic carbocycles.